The van der Waals surface area contributed by atoms with Crippen LogP contribution >= 0.6 is 7.37 Å². The van der Waals surface area contributed by atoms with Crippen molar-refractivity contribution in [2.24, 2.45) is 0 Å². The van der Waals surface area contributed by atoms with Crippen molar-refractivity contribution < 1.29 is 18.9 Å². The van der Waals surface area contributed by atoms with Crippen molar-refractivity contribution in [3.63, 3.8) is 0 Å². The molecule has 2 bridgehead atoms. The highest BCUT2D eigenvalue weighted by Gasteiger charge is 2.57. The molecule has 0 amide bonds. The zero-order valence-corrected chi connectivity index (χ0v) is 8.91. The van der Waals surface area contributed by atoms with E-state index in [4.69, 9.17) is 9.47 Å². The summed E-state index contributed by atoms with van der Waals surface area (Å²) in [5.41, 5.74) is -0.140. The van der Waals surface area contributed by atoms with Gasteiger partial charge in [-0.25, -0.2) is 0 Å². The summed E-state index contributed by atoms with van der Waals surface area (Å²) in [6.07, 6.45) is 2.98. The molecule has 2 unspecified atom stereocenters. The van der Waals surface area contributed by atoms with E-state index in [2.05, 4.69) is 0 Å². The lowest BCUT2D eigenvalue weighted by atomic mass is 10.1. The van der Waals surface area contributed by atoms with Gasteiger partial charge in [0.1, 0.15) is 0 Å². The molecule has 1 spiro atoms. The first kappa shape index (κ1) is 9.34. The topological polar surface area (TPSA) is 55.8 Å². The molecule has 3 fully saturated rings. The standard InChI is InChI=1S/C9H15O4P/c10-14(11)7-1-2-8(14)6-9(5-7)12-3-4-13-9/h7-8H,1-6H2,(H,10,11). The average Bonchev–Trinajstić information content (AvgIpc) is 2.56. The van der Waals surface area contributed by atoms with Gasteiger partial charge in [-0.2, -0.15) is 0 Å². The van der Waals surface area contributed by atoms with Gasteiger partial charge in [0.2, 0.25) is 7.37 Å². The molecule has 80 valence electrons. The van der Waals surface area contributed by atoms with Crippen molar-refractivity contribution in [3.8, 4) is 0 Å². The van der Waals surface area contributed by atoms with Crippen LogP contribution in [0, 0.1) is 0 Å². The maximum absolute atomic E-state index is 11.9. The van der Waals surface area contributed by atoms with Crippen molar-refractivity contribution in [2.75, 3.05) is 13.2 Å². The van der Waals surface area contributed by atoms with Crippen LogP contribution in [0.2, 0.25) is 0 Å². The van der Waals surface area contributed by atoms with Crippen LogP contribution in [-0.2, 0) is 14.0 Å². The Morgan fingerprint density at radius 1 is 1.14 bits per heavy atom. The summed E-state index contributed by atoms with van der Waals surface area (Å²) in [6.45, 7) is 1.27. The van der Waals surface area contributed by atoms with Crippen LogP contribution in [0.25, 0.3) is 0 Å². The van der Waals surface area contributed by atoms with Gasteiger partial charge in [0.15, 0.2) is 5.79 Å². The van der Waals surface area contributed by atoms with Crippen molar-refractivity contribution in [2.45, 2.75) is 42.8 Å². The minimum absolute atomic E-state index is 0.0700. The fraction of sp³-hybridized carbons (Fsp3) is 1.00. The molecule has 3 rings (SSSR count). The Morgan fingerprint density at radius 3 is 2.14 bits per heavy atom. The van der Waals surface area contributed by atoms with E-state index < -0.39 is 13.2 Å². The highest BCUT2D eigenvalue weighted by molar-refractivity contribution is 7.60. The largest absolute Gasteiger partial charge is 0.347 e. The highest BCUT2D eigenvalue weighted by atomic mass is 31.2. The summed E-state index contributed by atoms with van der Waals surface area (Å²) in [6, 6.07) is 0. The SMILES string of the molecule is O=P1(O)C2CCC1CC1(C2)OCCO1. The van der Waals surface area contributed by atoms with E-state index in [1.807, 2.05) is 0 Å². The molecule has 1 N–H and O–H groups in total. The van der Waals surface area contributed by atoms with Crippen LogP contribution in [0.3, 0.4) is 0 Å². The van der Waals surface area contributed by atoms with Crippen LogP contribution in [0.1, 0.15) is 25.7 Å². The Bertz CT molecular complexity index is 277. The molecule has 0 aliphatic carbocycles. The smallest absolute Gasteiger partial charge is 0.207 e. The van der Waals surface area contributed by atoms with E-state index in [-0.39, 0.29) is 11.3 Å². The second-order valence-corrected chi connectivity index (χ2v) is 7.38. The molecule has 4 nitrogen and oxygen atoms in total. The third kappa shape index (κ3) is 1.15. The number of rotatable bonds is 0. The Kier molecular flexibility index (Phi) is 1.88. The average molecular weight is 218 g/mol. The Balaban J connectivity index is 1.89. The highest BCUT2D eigenvalue weighted by Crippen LogP contribution is 2.67. The Hall–Kier alpha value is 0.110. The first-order valence-electron chi connectivity index (χ1n) is 5.22. The van der Waals surface area contributed by atoms with Gasteiger partial charge in [0.05, 0.1) is 13.2 Å². The van der Waals surface area contributed by atoms with E-state index in [0.29, 0.717) is 26.1 Å². The predicted molar refractivity (Wildman–Crippen MR) is 50.5 cm³/mol. The van der Waals surface area contributed by atoms with Gasteiger partial charge in [-0.3, -0.25) is 4.57 Å². The number of hydrogen-bond acceptors (Lipinski definition) is 3. The van der Waals surface area contributed by atoms with Crippen molar-refractivity contribution in [1.29, 1.82) is 0 Å². The molecule has 0 aromatic heterocycles. The molecule has 3 saturated heterocycles. The fourth-order valence-electron chi connectivity index (χ4n) is 3.05. The molecule has 5 heteroatoms. The van der Waals surface area contributed by atoms with E-state index in [0.717, 1.165) is 12.8 Å². The fourth-order valence-corrected chi connectivity index (χ4v) is 5.77. The van der Waals surface area contributed by atoms with Gasteiger partial charge in [0.25, 0.3) is 0 Å². The van der Waals surface area contributed by atoms with E-state index in [1.165, 1.54) is 0 Å². The monoisotopic (exact) mass is 218 g/mol. The third-order valence-electron chi connectivity index (χ3n) is 3.79. The molecular formula is C9H15O4P. The summed E-state index contributed by atoms with van der Waals surface area (Å²) < 4.78 is 23.1. The summed E-state index contributed by atoms with van der Waals surface area (Å²) in [5.74, 6) is -0.498. The second-order valence-electron chi connectivity index (χ2n) is 4.57. The van der Waals surface area contributed by atoms with Gasteiger partial charge in [-0.05, 0) is 12.8 Å². The maximum Gasteiger partial charge on any atom is 0.207 e. The molecule has 14 heavy (non-hydrogen) atoms. The van der Waals surface area contributed by atoms with Crippen molar-refractivity contribution in [1.82, 2.24) is 0 Å². The van der Waals surface area contributed by atoms with Crippen LogP contribution in [0.15, 0.2) is 0 Å². The van der Waals surface area contributed by atoms with Gasteiger partial charge in [0, 0.05) is 24.2 Å². The first-order valence-corrected chi connectivity index (χ1v) is 7.02. The molecular weight excluding hydrogens is 203 g/mol. The number of fused-ring (bicyclic) bond motifs is 2. The first-order chi connectivity index (χ1) is 6.62. The predicted octanol–water partition coefficient (Wildman–Crippen LogP) is 1.32. The molecule has 3 aliphatic heterocycles. The Labute approximate surface area is 83.0 Å². The van der Waals surface area contributed by atoms with Gasteiger partial charge in [-0.1, -0.05) is 0 Å². The third-order valence-corrected chi connectivity index (χ3v) is 6.76. The molecule has 0 aromatic rings. The lowest BCUT2D eigenvalue weighted by Crippen LogP contribution is -2.40. The maximum atomic E-state index is 11.9. The van der Waals surface area contributed by atoms with Gasteiger partial charge < -0.3 is 14.4 Å². The normalized spacial score (nSPS) is 50.1. The Morgan fingerprint density at radius 2 is 1.64 bits per heavy atom. The summed E-state index contributed by atoms with van der Waals surface area (Å²) in [7, 11) is -2.90. The molecule has 0 saturated carbocycles. The molecule has 2 atom stereocenters. The molecule has 3 heterocycles. The summed E-state index contributed by atoms with van der Waals surface area (Å²) >= 11 is 0. The lowest BCUT2D eigenvalue weighted by Gasteiger charge is -2.38. The van der Waals surface area contributed by atoms with Crippen LogP contribution < -0.4 is 0 Å². The van der Waals surface area contributed by atoms with Gasteiger partial charge >= 0.3 is 0 Å². The van der Waals surface area contributed by atoms with E-state index >= 15 is 0 Å². The quantitative estimate of drug-likeness (QED) is 0.623. The van der Waals surface area contributed by atoms with Gasteiger partial charge in [-0.15, -0.1) is 0 Å². The lowest BCUT2D eigenvalue weighted by molar-refractivity contribution is -0.167. The summed E-state index contributed by atoms with van der Waals surface area (Å²) in [5, 5.41) is 0. The second kappa shape index (κ2) is 2.82. The molecule has 0 radical (unpaired) electrons. The zero-order valence-electron chi connectivity index (χ0n) is 8.02. The minimum atomic E-state index is -2.90. The van der Waals surface area contributed by atoms with E-state index in [1.54, 1.807) is 0 Å². The summed E-state index contributed by atoms with van der Waals surface area (Å²) in [4.78, 5) is 9.86. The molecule has 3 aliphatic rings. The molecule has 0 aromatic carbocycles. The van der Waals surface area contributed by atoms with Crippen LogP contribution in [0.5, 0.6) is 0 Å². The zero-order chi connectivity index (χ0) is 9.81. The van der Waals surface area contributed by atoms with Crippen molar-refractivity contribution in [3.05, 3.63) is 0 Å². The number of ether oxygens (including phenoxy) is 2. The van der Waals surface area contributed by atoms with Crippen LogP contribution in [0.4, 0.5) is 0 Å². The minimum Gasteiger partial charge on any atom is -0.347 e. The number of hydrogen-bond donors (Lipinski definition) is 1. The van der Waals surface area contributed by atoms with E-state index in [9.17, 15) is 9.46 Å². The van der Waals surface area contributed by atoms with Crippen molar-refractivity contribution >= 4 is 7.37 Å². The van der Waals surface area contributed by atoms with Crippen LogP contribution in [-0.4, -0.2) is 35.2 Å².